The van der Waals surface area contributed by atoms with E-state index in [2.05, 4.69) is 132 Å². The average molecular weight is 1850 g/mol. The first kappa shape index (κ1) is 92.2. The summed E-state index contributed by atoms with van der Waals surface area (Å²) in [5.41, 5.74) is 16.2. The van der Waals surface area contributed by atoms with Crippen LogP contribution >= 0.6 is 11.3 Å². The number of nitrogens with one attached hydrogen (secondary N) is 10. The van der Waals surface area contributed by atoms with Gasteiger partial charge in [0.25, 0.3) is 29.5 Å². The number of aromatic nitrogens is 21. The first-order valence-corrected chi connectivity index (χ1v) is 44.1. The molecule has 0 saturated heterocycles. The summed E-state index contributed by atoms with van der Waals surface area (Å²) in [6, 6.07) is 33.4. The molecule has 0 aliphatic heterocycles. The van der Waals surface area contributed by atoms with Crippen LogP contribution in [0.3, 0.4) is 0 Å². The molecule has 2 aliphatic carbocycles. The molecule has 0 spiro atoms. The Morgan fingerprint density at radius 3 is 0.912 bits per heavy atom. The maximum Gasteiger partial charge on any atom is 0.255 e. The van der Waals surface area contributed by atoms with Crippen LogP contribution in [-0.4, -0.2) is 183 Å². The molecule has 137 heavy (non-hydrogen) atoms. The number of amides is 5. The van der Waals surface area contributed by atoms with Crippen molar-refractivity contribution in [3.8, 4) is 28.7 Å². The van der Waals surface area contributed by atoms with E-state index in [4.69, 9.17) is 23.7 Å². The van der Waals surface area contributed by atoms with Crippen LogP contribution in [0.15, 0.2) is 225 Å². The van der Waals surface area contributed by atoms with Crippen molar-refractivity contribution in [1.29, 1.82) is 0 Å². The van der Waals surface area contributed by atoms with Crippen LogP contribution in [0.1, 0.15) is 151 Å². The lowest BCUT2D eigenvalue weighted by atomic mass is 10.1. The van der Waals surface area contributed by atoms with Gasteiger partial charge in [0.1, 0.15) is 28.7 Å². The predicted octanol–water partition coefficient (Wildman–Crippen LogP) is 14.9. The van der Waals surface area contributed by atoms with Crippen molar-refractivity contribution in [3.63, 3.8) is 0 Å². The Kier molecular flexibility index (Phi) is 30.4. The van der Waals surface area contributed by atoms with Crippen molar-refractivity contribution in [3.05, 3.63) is 327 Å². The standard InChI is InChI=1S/C22H19N5O2.C21H18N6O2.C20H17N5O2S.C19H19N5O2.C18H17N5O2/c1-29-21-17(22(28)25-13-15-5-3-2-4-6-15)8-10-19-20(21)18(26-27-19)9-7-16-14-23-11-12-24-16;1-29-20-16(21(28)25-12-14-3-2-8-22-11-14)5-7-18-19(20)17(26-27-18)6-4-15-13-23-9-10-24-15;1-27-19-15(20(26)23-10-13-6-9-28-12-13)3-5-17-18(19)16(24-25-17)4-2-14-11-21-7-8-22-14;1-26-18-14(19(25)22-10-12-2-3-12)5-7-16-17(18)15(23-24-16)6-4-13-11-20-8-9-21-13;1-25-17-13(18(24)21-11-2-3-11)5-7-15-16(17)14(22-23-15)6-4-12-10-19-8-9-20-12/h2-12,14H,13H2,1H3,(H,25,28)(H,26,27);2-11,13H,12H2,1H3,(H,25,28)(H,26,27);2-9,11-12H,10H2,1H3,(H,23,26)(H,24,25);4-9,11-12H,2-3,10H2,1H3,(H,22,25)(H,23,24);4-11H,2-3H2,1H3,(H,21,24)(H,22,23)/b9-7+;6-4+;4-2+;2*6-4+. The van der Waals surface area contributed by atoms with Crippen LogP contribution < -0.4 is 50.3 Å². The Labute approximate surface area is 786 Å². The molecule has 10 N–H and O–H groups in total. The molecule has 20 rings (SSSR count). The second-order valence-corrected chi connectivity index (χ2v) is 31.4. The van der Waals surface area contributed by atoms with Crippen LogP contribution in [0.25, 0.3) is 115 Å². The number of thiophene rings is 1. The molecular formula is C100H90N26O10S. The lowest BCUT2D eigenvalue weighted by Crippen LogP contribution is -2.26. The van der Waals surface area contributed by atoms with Gasteiger partial charge in [-0.1, -0.05) is 36.4 Å². The van der Waals surface area contributed by atoms with Gasteiger partial charge in [-0.3, -0.25) is 104 Å². The number of H-pyrrole nitrogens is 5. The molecule has 0 radical (unpaired) electrons. The van der Waals surface area contributed by atoms with E-state index < -0.39 is 0 Å². The summed E-state index contributed by atoms with van der Waals surface area (Å²) in [5, 5.41) is 58.9. The van der Waals surface area contributed by atoms with Gasteiger partial charge >= 0.3 is 0 Å². The minimum Gasteiger partial charge on any atom is -0.495 e. The Morgan fingerprint density at radius 2 is 0.628 bits per heavy atom. The summed E-state index contributed by atoms with van der Waals surface area (Å²) in [6.07, 6.45) is 50.7. The third kappa shape index (κ3) is 23.5. The van der Waals surface area contributed by atoms with Gasteiger partial charge in [-0.25, -0.2) is 0 Å². The summed E-state index contributed by atoms with van der Waals surface area (Å²) in [7, 11) is 7.76. The molecule has 5 amide bonds. The van der Waals surface area contributed by atoms with E-state index in [9.17, 15) is 24.0 Å². The maximum absolute atomic E-state index is 12.8. The molecule has 0 atom stereocenters. The zero-order chi connectivity index (χ0) is 94.6. The molecule has 6 aromatic carbocycles. The van der Waals surface area contributed by atoms with Crippen LogP contribution in [0.2, 0.25) is 0 Å². The molecule has 686 valence electrons. The van der Waals surface area contributed by atoms with Crippen LogP contribution in [0, 0.1) is 5.92 Å². The molecule has 36 nitrogen and oxygen atoms in total. The molecule has 0 bridgehead atoms. The molecule has 37 heteroatoms. The Balaban J connectivity index is 0.000000124. The van der Waals surface area contributed by atoms with E-state index in [0.29, 0.717) is 128 Å². The molecular weight excluding hydrogens is 1760 g/mol. The number of hydrogen-bond donors (Lipinski definition) is 10. The number of carbonyl (C=O) groups is 5. The van der Waals surface area contributed by atoms with Crippen molar-refractivity contribution in [2.45, 2.75) is 51.4 Å². The molecule has 18 aromatic rings. The number of ether oxygens (including phenoxy) is 5. The fraction of sp³-hybridized carbons (Fsp3) is 0.150. The molecule has 12 heterocycles. The van der Waals surface area contributed by atoms with E-state index in [1.54, 1.807) is 194 Å². The first-order chi connectivity index (χ1) is 67.3. The van der Waals surface area contributed by atoms with Crippen LogP contribution in [-0.2, 0) is 19.6 Å². The zero-order valence-electron chi connectivity index (χ0n) is 74.6. The van der Waals surface area contributed by atoms with E-state index in [1.165, 1.54) is 20.0 Å². The van der Waals surface area contributed by atoms with Crippen LogP contribution in [0.4, 0.5) is 0 Å². The SMILES string of the molecule is COc1c(C(=O)NC2CC2)ccc2n[nH]c(/C=C/c3cnccn3)c12.COc1c(C(=O)NCC2CC2)ccc2n[nH]c(/C=C/c3cnccn3)c12.COc1c(C(=O)NCc2ccccc2)ccc2n[nH]c(/C=C/c3cnccn3)c12.COc1c(C(=O)NCc2cccnc2)ccc2n[nH]c(/C=C/c3cnccn3)c12.COc1c(C(=O)NCc2ccsc2)ccc2n[nH]c(/C=C/c3cnccn3)c12. The monoisotopic (exact) mass is 1850 g/mol. The van der Waals surface area contributed by atoms with Gasteiger partial charge in [0.05, 0.1) is 206 Å². The number of benzene rings is 6. The number of pyridine rings is 1. The number of nitrogens with zero attached hydrogens (tertiary/aromatic N) is 16. The fourth-order valence-electron chi connectivity index (χ4n) is 14.4. The lowest BCUT2D eigenvalue weighted by molar-refractivity contribution is 0.0939. The fourth-order valence-corrected chi connectivity index (χ4v) is 15.0. The van der Waals surface area contributed by atoms with Crippen molar-refractivity contribution in [2.75, 3.05) is 42.1 Å². The van der Waals surface area contributed by atoms with Gasteiger partial charge in [-0.05, 0) is 193 Å². The topological polar surface area (TPSA) is 477 Å². The highest BCUT2D eigenvalue weighted by molar-refractivity contribution is 7.08. The number of aromatic amines is 5. The second-order valence-electron chi connectivity index (χ2n) is 30.6. The highest BCUT2D eigenvalue weighted by Gasteiger charge is 2.29. The van der Waals surface area contributed by atoms with Crippen molar-refractivity contribution in [1.82, 2.24) is 132 Å². The third-order valence-corrected chi connectivity index (χ3v) is 22.2. The summed E-state index contributed by atoms with van der Waals surface area (Å²) < 4.78 is 27.9. The smallest absolute Gasteiger partial charge is 0.255 e. The largest absolute Gasteiger partial charge is 0.495 e. The minimum atomic E-state index is -0.238. The summed E-state index contributed by atoms with van der Waals surface area (Å²) in [6.45, 7) is 1.99. The summed E-state index contributed by atoms with van der Waals surface area (Å²) in [5.74, 6) is 2.17. The van der Waals surface area contributed by atoms with Gasteiger partial charge in [0.15, 0.2) is 0 Å². The van der Waals surface area contributed by atoms with Gasteiger partial charge < -0.3 is 50.3 Å². The Bertz CT molecular complexity index is 7170. The van der Waals surface area contributed by atoms with Crippen LogP contribution in [0.5, 0.6) is 28.7 Å². The van der Waals surface area contributed by atoms with Gasteiger partial charge in [0.2, 0.25) is 0 Å². The quantitative estimate of drug-likeness (QED) is 0.0208. The second kappa shape index (κ2) is 45.2. The lowest BCUT2D eigenvalue weighted by Gasteiger charge is -2.11. The third-order valence-electron chi connectivity index (χ3n) is 21.4. The highest BCUT2D eigenvalue weighted by atomic mass is 32.1. The maximum atomic E-state index is 12.8. The average Bonchev–Trinajstić information content (AvgIpc) is 1.70. The summed E-state index contributed by atoms with van der Waals surface area (Å²) in [4.78, 5) is 109. The molecule has 12 aromatic heterocycles. The Morgan fingerprint density at radius 1 is 0.321 bits per heavy atom. The van der Waals surface area contributed by atoms with Gasteiger partial charge in [-0.2, -0.15) is 36.8 Å². The predicted molar refractivity (Wildman–Crippen MR) is 522 cm³/mol. The molecule has 2 fully saturated rings. The molecule has 2 saturated carbocycles. The number of rotatable bonds is 29. The molecule has 0 unspecified atom stereocenters. The van der Waals surface area contributed by atoms with E-state index in [-0.39, 0.29) is 35.6 Å². The minimum absolute atomic E-state index is 0.119. The van der Waals surface area contributed by atoms with Gasteiger partial charge in [0, 0.05) is 107 Å². The van der Waals surface area contributed by atoms with Crippen molar-refractivity contribution in [2.24, 2.45) is 5.92 Å². The Hall–Kier alpha value is -18.0. The molecule has 2 aliphatic rings. The zero-order valence-corrected chi connectivity index (χ0v) is 75.4. The number of fused-ring (bicyclic) bond motifs is 5. The number of methoxy groups -OCH3 is 5. The highest BCUT2D eigenvalue weighted by Crippen LogP contribution is 2.39. The van der Waals surface area contributed by atoms with Crippen molar-refractivity contribution >= 4 is 156 Å². The van der Waals surface area contributed by atoms with Crippen molar-refractivity contribution < 1.29 is 47.7 Å². The van der Waals surface area contributed by atoms with E-state index in [0.717, 1.165) is 102 Å². The summed E-state index contributed by atoms with van der Waals surface area (Å²) >= 11 is 1.60. The normalized spacial score (nSPS) is 12.2. The van der Waals surface area contributed by atoms with E-state index >= 15 is 0 Å². The number of carbonyl (C=O) groups excluding carboxylic acids is 5. The first-order valence-electron chi connectivity index (χ1n) is 43.1. The number of hydrogen-bond acceptors (Lipinski definition) is 27. The van der Waals surface area contributed by atoms with Gasteiger partial charge in [-0.15, -0.1) is 0 Å². The van der Waals surface area contributed by atoms with E-state index in [1.807, 2.05) is 132 Å².